The number of anilines is 1. The molecule has 0 aliphatic carbocycles. The highest BCUT2D eigenvalue weighted by atomic mass is 35.5. The van der Waals surface area contributed by atoms with Gasteiger partial charge in [-0.15, -0.1) is 0 Å². The van der Waals surface area contributed by atoms with Crippen molar-refractivity contribution >= 4 is 41.0 Å². The van der Waals surface area contributed by atoms with Crippen LogP contribution < -0.4 is 10.6 Å². The molecule has 0 aromatic heterocycles. The summed E-state index contributed by atoms with van der Waals surface area (Å²) in [5, 5.41) is 15.9. The van der Waals surface area contributed by atoms with Gasteiger partial charge >= 0.3 is 5.97 Å². The lowest BCUT2D eigenvalue weighted by atomic mass is 9.76. The fourth-order valence-electron chi connectivity index (χ4n) is 5.66. The molecule has 3 aliphatic heterocycles. The van der Waals surface area contributed by atoms with Crippen LogP contribution in [-0.2, 0) is 31.3 Å². The van der Waals surface area contributed by atoms with Gasteiger partial charge in [0.2, 0.25) is 17.7 Å². The minimum atomic E-state index is -1.44. The van der Waals surface area contributed by atoms with Crippen molar-refractivity contribution in [3.05, 3.63) is 63.7 Å². The highest BCUT2D eigenvalue weighted by molar-refractivity contribution is 6.31. The Bertz CT molecular complexity index is 1260. The van der Waals surface area contributed by atoms with E-state index in [1.54, 1.807) is 24.3 Å². The van der Waals surface area contributed by atoms with E-state index in [4.69, 9.17) is 11.6 Å². The molecular formula is C25H24ClN3O5. The lowest BCUT2D eigenvalue weighted by Crippen LogP contribution is -2.53. The number of hydrogen-bond donors (Lipinski definition) is 3. The third-order valence-corrected chi connectivity index (χ3v) is 7.84. The maximum absolute atomic E-state index is 13.8. The monoisotopic (exact) mass is 481 g/mol. The van der Waals surface area contributed by atoms with E-state index in [-0.39, 0.29) is 19.4 Å². The third kappa shape index (κ3) is 3.09. The Morgan fingerprint density at radius 2 is 1.85 bits per heavy atom. The molecule has 4 atom stereocenters. The van der Waals surface area contributed by atoms with Crippen LogP contribution in [0, 0.1) is 25.7 Å². The Labute approximate surface area is 201 Å². The average Bonchev–Trinajstić information content (AvgIpc) is 3.37. The fourth-order valence-corrected chi connectivity index (χ4v) is 5.85. The maximum atomic E-state index is 13.8. The molecule has 0 radical (unpaired) electrons. The fraction of sp³-hybridized carbons (Fsp3) is 0.360. The average molecular weight is 482 g/mol. The van der Waals surface area contributed by atoms with Crippen LogP contribution in [-0.4, -0.2) is 39.7 Å². The van der Waals surface area contributed by atoms with E-state index < -0.39 is 47.1 Å². The first kappa shape index (κ1) is 22.6. The Hall–Kier alpha value is -3.23. The quantitative estimate of drug-likeness (QED) is 0.565. The summed E-state index contributed by atoms with van der Waals surface area (Å²) >= 11 is 6.28. The highest BCUT2D eigenvalue weighted by Gasteiger charge is 2.70. The molecule has 0 unspecified atom stereocenters. The van der Waals surface area contributed by atoms with Crippen molar-refractivity contribution in [2.24, 2.45) is 11.8 Å². The number of benzene rings is 2. The molecule has 3 heterocycles. The topological polar surface area (TPSA) is 116 Å². The van der Waals surface area contributed by atoms with Crippen molar-refractivity contribution in [3.63, 3.8) is 0 Å². The van der Waals surface area contributed by atoms with Gasteiger partial charge in [-0.3, -0.25) is 29.4 Å². The molecule has 5 rings (SSSR count). The molecular weight excluding hydrogens is 458 g/mol. The molecule has 2 aromatic rings. The molecule has 0 bridgehead atoms. The molecule has 9 heteroatoms. The second-order valence-electron chi connectivity index (χ2n) is 9.23. The number of rotatable bonds is 5. The van der Waals surface area contributed by atoms with E-state index in [0.717, 1.165) is 11.1 Å². The van der Waals surface area contributed by atoms with E-state index in [1.807, 2.05) is 26.0 Å². The first-order valence-electron chi connectivity index (χ1n) is 11.2. The third-order valence-electron chi connectivity index (χ3n) is 7.47. The van der Waals surface area contributed by atoms with E-state index >= 15 is 0 Å². The van der Waals surface area contributed by atoms with Gasteiger partial charge in [-0.1, -0.05) is 41.9 Å². The smallest absolute Gasteiger partial charge is 0.303 e. The summed E-state index contributed by atoms with van der Waals surface area (Å²) in [6.07, 6.45) is -0.0744. The Morgan fingerprint density at radius 3 is 2.56 bits per heavy atom. The molecule has 1 spiro atoms. The minimum absolute atomic E-state index is 0.00648. The van der Waals surface area contributed by atoms with E-state index in [1.165, 1.54) is 4.90 Å². The molecule has 8 nitrogen and oxygen atoms in total. The summed E-state index contributed by atoms with van der Waals surface area (Å²) in [7, 11) is 0. The van der Waals surface area contributed by atoms with Crippen molar-refractivity contribution < 1.29 is 24.3 Å². The molecule has 34 heavy (non-hydrogen) atoms. The Kier molecular flexibility index (Phi) is 5.26. The van der Waals surface area contributed by atoms with Gasteiger partial charge in [-0.25, -0.2) is 0 Å². The van der Waals surface area contributed by atoms with E-state index in [2.05, 4.69) is 10.6 Å². The van der Waals surface area contributed by atoms with Crippen LogP contribution in [0.4, 0.5) is 5.69 Å². The van der Waals surface area contributed by atoms with Crippen LogP contribution in [0.2, 0.25) is 5.02 Å². The van der Waals surface area contributed by atoms with Crippen molar-refractivity contribution in [3.8, 4) is 0 Å². The molecule has 0 saturated carbocycles. The summed E-state index contributed by atoms with van der Waals surface area (Å²) < 4.78 is 0. The zero-order valence-electron chi connectivity index (χ0n) is 18.7. The number of nitrogens with one attached hydrogen (secondary N) is 2. The van der Waals surface area contributed by atoms with Gasteiger partial charge < -0.3 is 10.4 Å². The Morgan fingerprint density at radius 1 is 1.12 bits per heavy atom. The number of amides is 3. The van der Waals surface area contributed by atoms with E-state index in [0.29, 0.717) is 21.8 Å². The molecule has 2 fully saturated rings. The predicted molar refractivity (Wildman–Crippen MR) is 124 cm³/mol. The molecule has 3 N–H and O–H groups in total. The predicted octanol–water partition coefficient (Wildman–Crippen LogP) is 2.74. The number of carbonyl (C=O) groups is 4. The lowest BCUT2D eigenvalue weighted by Gasteiger charge is -2.29. The number of halogens is 1. The highest BCUT2D eigenvalue weighted by Crippen LogP contribution is 2.54. The first-order valence-corrected chi connectivity index (χ1v) is 11.5. The lowest BCUT2D eigenvalue weighted by molar-refractivity contribution is -0.144. The van der Waals surface area contributed by atoms with Crippen LogP contribution in [0.25, 0.3) is 0 Å². The zero-order chi connectivity index (χ0) is 24.4. The molecule has 3 aliphatic rings. The number of carboxylic acid groups (broad SMARTS) is 1. The molecule has 2 aromatic carbocycles. The van der Waals surface area contributed by atoms with Crippen LogP contribution in [0.3, 0.4) is 0 Å². The second kappa shape index (κ2) is 7.92. The van der Waals surface area contributed by atoms with Gasteiger partial charge in [0.25, 0.3) is 0 Å². The number of carboxylic acids is 1. The SMILES string of the molecule is Cc1ccc2c(c1C)NC(=O)[C@]21N[C@H](CCC(=O)O)[C@H]2C(=O)N(Cc3ccccc3Cl)C(=O)[C@@H]21. The number of hydrogen-bond acceptors (Lipinski definition) is 5. The first-order chi connectivity index (χ1) is 16.2. The number of imide groups is 1. The van der Waals surface area contributed by atoms with Crippen LogP contribution >= 0.6 is 11.6 Å². The van der Waals surface area contributed by atoms with Crippen molar-refractivity contribution in [1.82, 2.24) is 10.2 Å². The maximum Gasteiger partial charge on any atom is 0.303 e. The number of aryl methyl sites for hydroxylation is 1. The van der Waals surface area contributed by atoms with Crippen molar-refractivity contribution in [2.75, 3.05) is 5.32 Å². The summed E-state index contributed by atoms with van der Waals surface area (Å²) in [4.78, 5) is 53.4. The summed E-state index contributed by atoms with van der Waals surface area (Å²) in [5.74, 6) is -4.12. The van der Waals surface area contributed by atoms with E-state index in [9.17, 15) is 24.3 Å². The number of fused-ring (bicyclic) bond motifs is 4. The summed E-state index contributed by atoms with van der Waals surface area (Å²) in [6.45, 7) is 3.82. The number of likely N-dealkylation sites (tertiary alicyclic amines) is 1. The largest absolute Gasteiger partial charge is 0.481 e. The normalized spacial score (nSPS) is 27.3. The summed E-state index contributed by atoms with van der Waals surface area (Å²) in [5.41, 5.74) is 2.32. The van der Waals surface area contributed by atoms with Gasteiger partial charge in [0, 0.05) is 28.7 Å². The Balaban J connectivity index is 1.61. The van der Waals surface area contributed by atoms with Crippen molar-refractivity contribution in [2.45, 2.75) is 44.8 Å². The number of aliphatic carboxylic acids is 1. The van der Waals surface area contributed by atoms with Gasteiger partial charge in [0.1, 0.15) is 5.54 Å². The number of nitrogens with zero attached hydrogens (tertiary/aromatic N) is 1. The van der Waals surface area contributed by atoms with Gasteiger partial charge in [-0.05, 0) is 43.0 Å². The van der Waals surface area contributed by atoms with Crippen LogP contribution in [0.1, 0.15) is 35.1 Å². The van der Waals surface area contributed by atoms with Crippen LogP contribution in [0.5, 0.6) is 0 Å². The number of carbonyl (C=O) groups excluding carboxylic acids is 3. The molecule has 176 valence electrons. The molecule has 3 amide bonds. The molecule has 2 saturated heterocycles. The van der Waals surface area contributed by atoms with Crippen LogP contribution in [0.15, 0.2) is 36.4 Å². The van der Waals surface area contributed by atoms with Gasteiger partial charge in [-0.2, -0.15) is 0 Å². The van der Waals surface area contributed by atoms with Gasteiger partial charge in [0.15, 0.2) is 0 Å². The zero-order valence-corrected chi connectivity index (χ0v) is 19.5. The van der Waals surface area contributed by atoms with Gasteiger partial charge in [0.05, 0.1) is 18.4 Å². The minimum Gasteiger partial charge on any atom is -0.481 e. The second-order valence-corrected chi connectivity index (χ2v) is 9.64. The van der Waals surface area contributed by atoms with Crippen molar-refractivity contribution in [1.29, 1.82) is 0 Å². The standard InChI is InChI=1S/C25H24ClN3O5/c1-12-7-8-15-21(13(12)2)27-24(34)25(15)20-19(17(28-25)9-10-18(30)31)22(32)29(23(20)33)11-14-5-3-4-6-16(14)26/h3-8,17,19-20,28H,9-11H2,1-2H3,(H,27,34)(H,30,31)/t17-,19-,20-,25+/m1/s1. The summed E-state index contributed by atoms with van der Waals surface area (Å²) in [6, 6.07) is 10.0.